The normalized spacial score (nSPS) is 20.3. The lowest BCUT2D eigenvalue weighted by molar-refractivity contribution is -0.137. The molecule has 2 aromatic rings. The van der Waals surface area contributed by atoms with Gasteiger partial charge >= 0.3 is 6.18 Å². The van der Waals surface area contributed by atoms with E-state index in [1.165, 1.54) is 16.9 Å². The first-order valence-corrected chi connectivity index (χ1v) is 8.46. The number of hydrogen-bond acceptors (Lipinski definition) is 3. The van der Waals surface area contributed by atoms with E-state index >= 15 is 0 Å². The van der Waals surface area contributed by atoms with Gasteiger partial charge in [-0.25, -0.2) is 4.68 Å². The van der Waals surface area contributed by atoms with Gasteiger partial charge in [0.25, 0.3) is 5.91 Å². The van der Waals surface area contributed by atoms with Crippen LogP contribution in [0.5, 0.6) is 0 Å². The third-order valence-corrected chi connectivity index (χ3v) is 4.95. The number of benzene rings is 1. The second-order valence-corrected chi connectivity index (χ2v) is 6.59. The highest BCUT2D eigenvalue weighted by Crippen LogP contribution is 2.30. The van der Waals surface area contributed by atoms with Gasteiger partial charge in [-0.2, -0.15) is 18.3 Å². The number of nitrogens with zero attached hydrogens (tertiary/aromatic N) is 3. The summed E-state index contributed by atoms with van der Waals surface area (Å²) in [7, 11) is 0. The monoisotopic (exact) mass is 402 g/mol. The number of halogens is 4. The first-order chi connectivity index (χ1) is 12.2. The van der Waals surface area contributed by atoms with Crippen LogP contribution in [0.2, 0.25) is 0 Å². The Kier molecular flexibility index (Phi) is 6.21. The van der Waals surface area contributed by atoms with Gasteiger partial charge in [0.1, 0.15) is 0 Å². The third kappa shape index (κ3) is 4.11. The Labute approximate surface area is 161 Å². The summed E-state index contributed by atoms with van der Waals surface area (Å²) >= 11 is 0. The fourth-order valence-corrected chi connectivity index (χ4v) is 3.19. The second kappa shape index (κ2) is 7.90. The average molecular weight is 403 g/mol. The minimum atomic E-state index is -4.43. The molecule has 27 heavy (non-hydrogen) atoms. The zero-order valence-electron chi connectivity index (χ0n) is 15.2. The summed E-state index contributed by atoms with van der Waals surface area (Å²) in [5.74, 6) is -0.151. The predicted octanol–water partition coefficient (Wildman–Crippen LogP) is 3.44. The van der Waals surface area contributed by atoms with Crippen LogP contribution in [-0.2, 0) is 6.18 Å². The van der Waals surface area contributed by atoms with Crippen molar-refractivity contribution in [3.63, 3.8) is 0 Å². The van der Waals surface area contributed by atoms with Crippen molar-refractivity contribution >= 4 is 18.3 Å². The van der Waals surface area contributed by atoms with Crippen LogP contribution in [0.25, 0.3) is 5.69 Å². The van der Waals surface area contributed by atoms with Crippen LogP contribution < -0.4 is 5.32 Å². The van der Waals surface area contributed by atoms with Crippen LogP contribution in [0.15, 0.2) is 30.5 Å². The van der Waals surface area contributed by atoms with E-state index < -0.39 is 11.7 Å². The summed E-state index contributed by atoms with van der Waals surface area (Å²) in [5, 5.41) is 7.47. The number of nitrogens with one attached hydrogen (secondary N) is 1. The van der Waals surface area contributed by atoms with E-state index in [1.54, 1.807) is 17.9 Å². The standard InChI is InChI=1S/C18H21F3N4O.ClH/c1-11-12(2)24(8-7-22-11)17(26)16-10-23-25(13(16)3)15-6-4-5-14(9-15)18(19,20)21;/h4-6,9-12,22H,7-8H2,1-3H3;1H. The average Bonchev–Trinajstić information content (AvgIpc) is 2.97. The molecule has 0 saturated carbocycles. The van der Waals surface area contributed by atoms with E-state index in [1.807, 2.05) is 13.8 Å². The van der Waals surface area contributed by atoms with Crippen LogP contribution >= 0.6 is 12.4 Å². The Morgan fingerprint density at radius 1 is 1.30 bits per heavy atom. The zero-order chi connectivity index (χ0) is 19.1. The van der Waals surface area contributed by atoms with Gasteiger partial charge in [0.15, 0.2) is 0 Å². The summed E-state index contributed by atoms with van der Waals surface area (Å²) in [4.78, 5) is 14.7. The molecule has 148 valence electrons. The summed E-state index contributed by atoms with van der Waals surface area (Å²) in [5.41, 5.74) is 0.455. The molecule has 2 heterocycles. The number of aromatic nitrogens is 2. The highest BCUT2D eigenvalue weighted by molar-refractivity contribution is 5.95. The Morgan fingerprint density at radius 2 is 2.00 bits per heavy atom. The predicted molar refractivity (Wildman–Crippen MR) is 98.5 cm³/mol. The Bertz CT molecular complexity index is 821. The molecule has 2 atom stereocenters. The molecule has 2 unspecified atom stereocenters. The maximum Gasteiger partial charge on any atom is 0.416 e. The fraction of sp³-hybridized carbons (Fsp3) is 0.444. The molecule has 9 heteroatoms. The molecule has 1 aliphatic rings. The molecule has 3 rings (SSSR count). The van der Waals surface area contributed by atoms with E-state index in [0.29, 0.717) is 24.3 Å². The molecule has 0 bridgehead atoms. The molecule has 1 amide bonds. The van der Waals surface area contributed by atoms with Crippen molar-refractivity contribution in [1.29, 1.82) is 0 Å². The molecule has 0 spiro atoms. The minimum Gasteiger partial charge on any atom is -0.333 e. The van der Waals surface area contributed by atoms with Crippen molar-refractivity contribution in [2.24, 2.45) is 0 Å². The van der Waals surface area contributed by atoms with Crippen LogP contribution in [0.4, 0.5) is 13.2 Å². The van der Waals surface area contributed by atoms with Gasteiger partial charge in [-0.1, -0.05) is 6.07 Å². The molecule has 5 nitrogen and oxygen atoms in total. The first-order valence-electron chi connectivity index (χ1n) is 8.46. The van der Waals surface area contributed by atoms with Gasteiger partial charge in [0.2, 0.25) is 0 Å². The quantitative estimate of drug-likeness (QED) is 0.837. The van der Waals surface area contributed by atoms with Gasteiger partial charge in [-0.3, -0.25) is 4.79 Å². The lowest BCUT2D eigenvalue weighted by Crippen LogP contribution is -2.57. The number of amides is 1. The van der Waals surface area contributed by atoms with Crippen LogP contribution in [-0.4, -0.2) is 45.8 Å². The van der Waals surface area contributed by atoms with E-state index in [-0.39, 0.29) is 36.1 Å². The third-order valence-electron chi connectivity index (χ3n) is 4.95. The van der Waals surface area contributed by atoms with Crippen molar-refractivity contribution in [1.82, 2.24) is 20.0 Å². The summed E-state index contributed by atoms with van der Waals surface area (Å²) < 4.78 is 40.2. The van der Waals surface area contributed by atoms with Crippen LogP contribution in [0.3, 0.4) is 0 Å². The fourth-order valence-electron chi connectivity index (χ4n) is 3.19. The molecule has 0 aliphatic carbocycles. The summed E-state index contributed by atoms with van der Waals surface area (Å²) in [6, 6.07) is 5.11. The van der Waals surface area contributed by atoms with Gasteiger partial charge in [0, 0.05) is 25.2 Å². The van der Waals surface area contributed by atoms with Gasteiger partial charge in [0.05, 0.1) is 28.7 Å². The maximum atomic E-state index is 12.9. The molecule has 1 aromatic heterocycles. The first kappa shape index (κ1) is 21.2. The molecule has 0 radical (unpaired) electrons. The van der Waals surface area contributed by atoms with E-state index in [2.05, 4.69) is 10.4 Å². The zero-order valence-corrected chi connectivity index (χ0v) is 16.1. The van der Waals surface area contributed by atoms with E-state index in [9.17, 15) is 18.0 Å². The van der Waals surface area contributed by atoms with Crippen molar-refractivity contribution in [3.8, 4) is 5.69 Å². The van der Waals surface area contributed by atoms with Crippen molar-refractivity contribution in [2.75, 3.05) is 13.1 Å². The van der Waals surface area contributed by atoms with Gasteiger partial charge in [-0.05, 0) is 39.0 Å². The molecule has 1 saturated heterocycles. The van der Waals surface area contributed by atoms with E-state index in [4.69, 9.17) is 0 Å². The van der Waals surface area contributed by atoms with Gasteiger partial charge in [-0.15, -0.1) is 12.4 Å². The lowest BCUT2D eigenvalue weighted by atomic mass is 10.1. The number of carbonyl (C=O) groups excluding carboxylic acids is 1. The highest BCUT2D eigenvalue weighted by atomic mass is 35.5. The SMILES string of the molecule is Cc1c(C(=O)N2CCNC(C)C2C)cnn1-c1cccc(C(F)(F)F)c1.Cl. The smallest absolute Gasteiger partial charge is 0.333 e. The Balaban J connectivity index is 0.00000261. The Hall–Kier alpha value is -2.06. The number of rotatable bonds is 2. The van der Waals surface area contributed by atoms with E-state index in [0.717, 1.165) is 12.1 Å². The van der Waals surface area contributed by atoms with Crippen LogP contribution in [0.1, 0.15) is 35.5 Å². The highest BCUT2D eigenvalue weighted by Gasteiger charge is 2.32. The molecular formula is C18H22ClF3N4O. The Morgan fingerprint density at radius 3 is 2.67 bits per heavy atom. The van der Waals surface area contributed by atoms with Crippen molar-refractivity contribution in [2.45, 2.75) is 39.0 Å². The van der Waals surface area contributed by atoms with Crippen molar-refractivity contribution in [3.05, 3.63) is 47.3 Å². The lowest BCUT2D eigenvalue weighted by Gasteiger charge is -2.38. The molecule has 1 fully saturated rings. The molecule has 1 aromatic carbocycles. The number of piperazine rings is 1. The van der Waals surface area contributed by atoms with Gasteiger partial charge < -0.3 is 10.2 Å². The van der Waals surface area contributed by atoms with Crippen LogP contribution in [0, 0.1) is 6.92 Å². The molecule has 1 N–H and O–H groups in total. The molecular weight excluding hydrogens is 381 g/mol. The number of alkyl halides is 3. The summed E-state index contributed by atoms with van der Waals surface area (Å²) in [6.45, 7) is 6.97. The largest absolute Gasteiger partial charge is 0.416 e. The topological polar surface area (TPSA) is 50.2 Å². The number of hydrogen-bond donors (Lipinski definition) is 1. The van der Waals surface area contributed by atoms with Crippen molar-refractivity contribution < 1.29 is 18.0 Å². The maximum absolute atomic E-state index is 12.9. The second-order valence-electron chi connectivity index (χ2n) is 6.59. The minimum absolute atomic E-state index is 0. The summed E-state index contributed by atoms with van der Waals surface area (Å²) in [6.07, 6.45) is -3.00. The number of carbonyl (C=O) groups is 1. The molecule has 1 aliphatic heterocycles.